The Labute approximate surface area is 115 Å². The van der Waals surface area contributed by atoms with Crippen molar-refractivity contribution in [1.82, 2.24) is 5.32 Å². The van der Waals surface area contributed by atoms with Crippen LogP contribution in [0.4, 0.5) is 0 Å². The topological polar surface area (TPSA) is 66.4 Å². The average molecular weight is 267 g/mol. The third kappa shape index (κ3) is 3.10. The van der Waals surface area contributed by atoms with Gasteiger partial charge in [0.25, 0.3) is 0 Å². The highest BCUT2D eigenvalue weighted by molar-refractivity contribution is 5.83. The van der Waals surface area contributed by atoms with Crippen LogP contribution in [-0.2, 0) is 9.59 Å². The SMILES string of the molecule is CCC1(C(=O)N[C@@H]2CC[C@H](C(=O)O)C2)CCCCC1. The van der Waals surface area contributed by atoms with Gasteiger partial charge in [-0.3, -0.25) is 9.59 Å². The average Bonchev–Trinajstić information content (AvgIpc) is 2.88. The first-order valence-corrected chi connectivity index (χ1v) is 7.61. The third-order valence-corrected chi connectivity index (χ3v) is 5.09. The summed E-state index contributed by atoms with van der Waals surface area (Å²) in [6.07, 6.45) is 8.50. The molecule has 0 aromatic carbocycles. The third-order valence-electron chi connectivity index (χ3n) is 5.09. The van der Waals surface area contributed by atoms with Crippen LogP contribution in [0.25, 0.3) is 0 Å². The first kappa shape index (κ1) is 14.4. The van der Waals surface area contributed by atoms with Crippen molar-refractivity contribution in [3.05, 3.63) is 0 Å². The Balaban J connectivity index is 1.91. The molecule has 2 N–H and O–H groups in total. The molecule has 0 aromatic rings. The smallest absolute Gasteiger partial charge is 0.306 e. The summed E-state index contributed by atoms with van der Waals surface area (Å²) in [5, 5.41) is 12.1. The number of hydrogen-bond acceptors (Lipinski definition) is 2. The molecule has 4 nitrogen and oxygen atoms in total. The lowest BCUT2D eigenvalue weighted by Gasteiger charge is -2.36. The normalized spacial score (nSPS) is 29.9. The van der Waals surface area contributed by atoms with Crippen molar-refractivity contribution in [3.63, 3.8) is 0 Å². The van der Waals surface area contributed by atoms with Gasteiger partial charge in [-0.2, -0.15) is 0 Å². The molecule has 2 atom stereocenters. The van der Waals surface area contributed by atoms with Crippen LogP contribution in [0.1, 0.15) is 64.7 Å². The quantitative estimate of drug-likeness (QED) is 0.823. The minimum Gasteiger partial charge on any atom is -0.481 e. The fourth-order valence-corrected chi connectivity index (χ4v) is 3.65. The molecule has 0 heterocycles. The summed E-state index contributed by atoms with van der Waals surface area (Å²) >= 11 is 0. The van der Waals surface area contributed by atoms with Gasteiger partial charge < -0.3 is 10.4 Å². The number of carbonyl (C=O) groups excluding carboxylic acids is 1. The summed E-state index contributed by atoms with van der Waals surface area (Å²) in [7, 11) is 0. The molecule has 19 heavy (non-hydrogen) atoms. The van der Waals surface area contributed by atoms with Gasteiger partial charge in [-0.25, -0.2) is 0 Å². The van der Waals surface area contributed by atoms with Gasteiger partial charge in [0.05, 0.1) is 5.92 Å². The lowest BCUT2D eigenvalue weighted by Crippen LogP contribution is -2.45. The molecule has 2 rings (SSSR count). The Morgan fingerprint density at radius 3 is 2.42 bits per heavy atom. The molecule has 2 saturated carbocycles. The van der Waals surface area contributed by atoms with Gasteiger partial charge in [0, 0.05) is 11.5 Å². The minimum absolute atomic E-state index is 0.0685. The zero-order chi connectivity index (χ0) is 13.9. The lowest BCUT2D eigenvalue weighted by atomic mass is 9.71. The van der Waals surface area contributed by atoms with E-state index >= 15 is 0 Å². The highest BCUT2D eigenvalue weighted by atomic mass is 16.4. The van der Waals surface area contributed by atoms with Gasteiger partial charge in [0.1, 0.15) is 0 Å². The van der Waals surface area contributed by atoms with E-state index in [0.717, 1.165) is 38.5 Å². The summed E-state index contributed by atoms with van der Waals surface area (Å²) in [4.78, 5) is 23.5. The maximum absolute atomic E-state index is 12.5. The number of hydrogen-bond donors (Lipinski definition) is 2. The van der Waals surface area contributed by atoms with Crippen molar-refractivity contribution in [3.8, 4) is 0 Å². The van der Waals surface area contributed by atoms with Crippen LogP contribution in [0.15, 0.2) is 0 Å². The molecule has 2 aliphatic carbocycles. The molecule has 0 bridgehead atoms. The number of carbonyl (C=O) groups is 2. The molecule has 0 saturated heterocycles. The van der Waals surface area contributed by atoms with Crippen LogP contribution in [-0.4, -0.2) is 23.0 Å². The first-order valence-electron chi connectivity index (χ1n) is 7.61. The van der Waals surface area contributed by atoms with Crippen LogP contribution >= 0.6 is 0 Å². The summed E-state index contributed by atoms with van der Waals surface area (Å²) in [5.41, 5.74) is -0.181. The van der Waals surface area contributed by atoms with Crippen molar-refractivity contribution < 1.29 is 14.7 Å². The maximum atomic E-state index is 12.5. The summed E-state index contributed by atoms with van der Waals surface area (Å²) < 4.78 is 0. The minimum atomic E-state index is -0.723. The van der Waals surface area contributed by atoms with Crippen LogP contribution in [0.5, 0.6) is 0 Å². The van der Waals surface area contributed by atoms with Crippen LogP contribution < -0.4 is 5.32 Å². The number of nitrogens with one attached hydrogen (secondary N) is 1. The highest BCUT2D eigenvalue weighted by Gasteiger charge is 2.40. The van der Waals surface area contributed by atoms with Crippen LogP contribution in [0.2, 0.25) is 0 Å². The van der Waals surface area contributed by atoms with Crippen LogP contribution in [0, 0.1) is 11.3 Å². The molecule has 1 amide bonds. The molecule has 0 aliphatic heterocycles. The van der Waals surface area contributed by atoms with Gasteiger partial charge in [-0.05, 0) is 38.5 Å². The molecule has 4 heteroatoms. The number of amides is 1. The van der Waals surface area contributed by atoms with Crippen molar-refractivity contribution in [2.75, 3.05) is 0 Å². The number of carboxylic acids is 1. The van der Waals surface area contributed by atoms with Gasteiger partial charge in [0.2, 0.25) is 5.91 Å². The van der Waals surface area contributed by atoms with E-state index in [1.165, 1.54) is 6.42 Å². The molecule has 2 aliphatic rings. The molecular weight excluding hydrogens is 242 g/mol. The fraction of sp³-hybridized carbons (Fsp3) is 0.867. The summed E-state index contributed by atoms with van der Waals surface area (Å²) in [6.45, 7) is 2.10. The molecule has 108 valence electrons. The Hall–Kier alpha value is -1.06. The van der Waals surface area contributed by atoms with Gasteiger partial charge in [-0.1, -0.05) is 26.2 Å². The van der Waals surface area contributed by atoms with E-state index in [1.54, 1.807) is 0 Å². The Morgan fingerprint density at radius 1 is 1.21 bits per heavy atom. The predicted octanol–water partition coefficient (Wildman–Crippen LogP) is 2.72. The van der Waals surface area contributed by atoms with E-state index in [0.29, 0.717) is 12.8 Å². The Bertz CT molecular complexity index is 347. The molecular formula is C15H25NO3. The fourth-order valence-electron chi connectivity index (χ4n) is 3.65. The van der Waals surface area contributed by atoms with Crippen LogP contribution in [0.3, 0.4) is 0 Å². The van der Waals surface area contributed by atoms with E-state index in [2.05, 4.69) is 12.2 Å². The maximum Gasteiger partial charge on any atom is 0.306 e. The Kier molecular flexibility index (Phi) is 4.48. The number of rotatable bonds is 4. The summed E-state index contributed by atoms with van der Waals surface area (Å²) in [6, 6.07) is 0.0685. The van der Waals surface area contributed by atoms with Gasteiger partial charge >= 0.3 is 5.97 Å². The zero-order valence-electron chi connectivity index (χ0n) is 11.8. The second-order valence-electron chi connectivity index (χ2n) is 6.21. The largest absolute Gasteiger partial charge is 0.481 e. The van der Waals surface area contributed by atoms with Crippen molar-refractivity contribution >= 4 is 11.9 Å². The highest BCUT2D eigenvalue weighted by Crippen LogP contribution is 2.40. The Morgan fingerprint density at radius 2 is 1.89 bits per heavy atom. The van der Waals surface area contributed by atoms with Gasteiger partial charge in [0.15, 0.2) is 0 Å². The van der Waals surface area contributed by atoms with E-state index in [1.807, 2.05) is 0 Å². The monoisotopic (exact) mass is 267 g/mol. The lowest BCUT2D eigenvalue weighted by molar-refractivity contribution is -0.141. The van der Waals surface area contributed by atoms with E-state index in [4.69, 9.17) is 5.11 Å². The number of aliphatic carboxylic acids is 1. The van der Waals surface area contributed by atoms with E-state index in [-0.39, 0.29) is 23.3 Å². The van der Waals surface area contributed by atoms with E-state index < -0.39 is 5.97 Å². The van der Waals surface area contributed by atoms with Crippen molar-refractivity contribution in [2.24, 2.45) is 11.3 Å². The first-order chi connectivity index (χ1) is 9.07. The molecule has 0 radical (unpaired) electrons. The van der Waals surface area contributed by atoms with E-state index in [9.17, 15) is 9.59 Å². The molecule has 0 unspecified atom stereocenters. The standard InChI is InChI=1S/C15H25NO3/c1-2-15(8-4-3-5-9-15)14(19)16-12-7-6-11(10-12)13(17)18/h11-12H,2-10H2,1H3,(H,16,19)(H,17,18)/t11-,12+/m0/s1. The molecule has 2 fully saturated rings. The zero-order valence-corrected chi connectivity index (χ0v) is 11.8. The molecule has 0 spiro atoms. The second kappa shape index (κ2) is 5.93. The number of carboxylic acid groups (broad SMARTS) is 1. The van der Waals surface area contributed by atoms with Gasteiger partial charge in [-0.15, -0.1) is 0 Å². The second-order valence-corrected chi connectivity index (χ2v) is 6.21. The van der Waals surface area contributed by atoms with Crippen molar-refractivity contribution in [1.29, 1.82) is 0 Å². The molecule has 0 aromatic heterocycles. The summed E-state index contributed by atoms with van der Waals surface area (Å²) in [5.74, 6) is -0.820. The van der Waals surface area contributed by atoms with Crippen molar-refractivity contribution in [2.45, 2.75) is 70.8 Å². The predicted molar refractivity (Wildman–Crippen MR) is 72.7 cm³/mol.